The van der Waals surface area contributed by atoms with Crippen molar-refractivity contribution in [2.24, 2.45) is 0 Å². The van der Waals surface area contributed by atoms with Gasteiger partial charge in [0.25, 0.3) is 0 Å². The lowest BCUT2D eigenvalue weighted by Crippen LogP contribution is -2.30. The smallest absolute Gasteiger partial charge is 0.462 e. The Morgan fingerprint density at radius 1 is 0.280 bits per heavy atom. The minimum atomic E-state index is -4.98. The van der Waals surface area contributed by atoms with E-state index in [0.29, 0.717) is 25.7 Å². The number of phosphoric ester groups is 2. The van der Waals surface area contributed by atoms with E-state index >= 15 is 0 Å². The summed E-state index contributed by atoms with van der Waals surface area (Å²) in [6.45, 7) is 4.85. The molecular weight excluding hydrogens is 1310 g/mol. The summed E-state index contributed by atoms with van der Waals surface area (Å²) >= 11 is 0. The zero-order chi connectivity index (χ0) is 73.2. The zero-order valence-electron chi connectivity index (χ0n) is 63.9. The van der Waals surface area contributed by atoms with Gasteiger partial charge in [-0.2, -0.15) is 0 Å². The Labute approximate surface area is 610 Å². The molecule has 0 saturated heterocycles. The molecule has 0 bridgehead atoms. The molecule has 100 heavy (non-hydrogen) atoms. The third kappa shape index (κ3) is 73.1. The first-order valence-corrected chi connectivity index (χ1v) is 43.5. The Hall–Kier alpha value is -3.24. The number of unbranched alkanes of at least 4 members (excludes halogenated alkanes) is 41. The van der Waals surface area contributed by atoms with Gasteiger partial charge >= 0.3 is 39.5 Å². The molecule has 2 unspecified atom stereocenters. The Kier molecular flexibility index (Phi) is 71.6. The highest BCUT2D eigenvalue weighted by Gasteiger charge is 2.30. The van der Waals surface area contributed by atoms with Crippen LogP contribution >= 0.6 is 15.6 Å². The number of hydrogen-bond donors (Lipinski definition) is 3. The van der Waals surface area contributed by atoms with Crippen LogP contribution in [0, 0.1) is 0 Å². The van der Waals surface area contributed by atoms with Crippen molar-refractivity contribution in [1.29, 1.82) is 0 Å². The Balaban J connectivity index is 5.34. The van der Waals surface area contributed by atoms with E-state index in [1.165, 1.54) is 148 Å². The molecule has 0 saturated carbocycles. The van der Waals surface area contributed by atoms with E-state index in [1.54, 1.807) is 0 Å². The summed E-state index contributed by atoms with van der Waals surface area (Å²) in [6, 6.07) is 0. The minimum absolute atomic E-state index is 0.0795. The summed E-state index contributed by atoms with van der Waals surface area (Å²) in [5.41, 5.74) is 0. The number of aliphatic hydroxyl groups is 1. The van der Waals surface area contributed by atoms with Gasteiger partial charge in [0.2, 0.25) is 0 Å². The van der Waals surface area contributed by atoms with E-state index in [9.17, 15) is 43.2 Å². The first-order chi connectivity index (χ1) is 48.7. The second-order valence-electron chi connectivity index (χ2n) is 27.4. The molecule has 0 aromatic carbocycles. The standard InChI is InChI=1S/C81H148O17P2/c1-5-9-13-17-21-25-29-33-37-41-45-49-53-57-61-65-78(83)91-71-76(97-80(85)67-63-59-55-51-47-43-39-35-31-27-23-19-15-11-7-3)73-95-99(87,88)93-69-75(82)70-94-100(89,90)96-74-77(98-81(86)68-64-60-56-52-48-44-40-36-32-28-24-20-16-12-8-4)72-92-79(84)66-62-58-54-50-46-42-38-34-30-26-22-18-14-10-6-2/h21,23-25,27-28,33,35,37,39,75-77,82H,5-20,22,26,29-32,34,36,38,40-74H2,1-4H3,(H,87,88)(H,89,90)/b25-21+,27-23+,28-24-,37-33+,39-35+/t75-,76+,77+/m0/s1. The number of phosphoric acid groups is 2. The van der Waals surface area contributed by atoms with Gasteiger partial charge in [-0.15, -0.1) is 0 Å². The highest BCUT2D eigenvalue weighted by molar-refractivity contribution is 7.47. The number of carbonyl (C=O) groups excluding carboxylic acids is 4. The monoisotopic (exact) mass is 1460 g/mol. The summed E-state index contributed by atoms with van der Waals surface area (Å²) in [4.78, 5) is 73.0. The van der Waals surface area contributed by atoms with Crippen LogP contribution in [0.3, 0.4) is 0 Å². The molecule has 19 heteroatoms. The van der Waals surface area contributed by atoms with Crippen LogP contribution in [0.25, 0.3) is 0 Å². The molecule has 0 aromatic rings. The fraction of sp³-hybridized carbons (Fsp3) is 0.827. The molecule has 3 N–H and O–H groups in total. The summed E-state index contributed by atoms with van der Waals surface area (Å²) in [6.07, 6.45) is 73.3. The van der Waals surface area contributed by atoms with Gasteiger partial charge < -0.3 is 33.8 Å². The summed E-state index contributed by atoms with van der Waals surface area (Å²) < 4.78 is 68.6. The van der Waals surface area contributed by atoms with Crippen LogP contribution in [0.4, 0.5) is 0 Å². The topological polar surface area (TPSA) is 237 Å². The maximum Gasteiger partial charge on any atom is 0.472 e. The maximum atomic E-state index is 13.1. The van der Waals surface area contributed by atoms with E-state index in [1.807, 2.05) is 0 Å². The summed E-state index contributed by atoms with van der Waals surface area (Å²) in [5, 5.41) is 10.6. The van der Waals surface area contributed by atoms with Crippen LogP contribution in [-0.4, -0.2) is 96.7 Å². The normalized spacial score (nSPS) is 14.2. The number of hydrogen-bond acceptors (Lipinski definition) is 15. The third-order valence-electron chi connectivity index (χ3n) is 17.5. The molecule has 0 aliphatic carbocycles. The second-order valence-corrected chi connectivity index (χ2v) is 30.3. The van der Waals surface area contributed by atoms with Crippen LogP contribution in [0.5, 0.6) is 0 Å². The van der Waals surface area contributed by atoms with E-state index in [-0.39, 0.29) is 25.7 Å². The molecule has 0 aromatic heterocycles. The van der Waals surface area contributed by atoms with Gasteiger partial charge in [0.1, 0.15) is 19.3 Å². The first-order valence-electron chi connectivity index (χ1n) is 40.5. The van der Waals surface area contributed by atoms with Gasteiger partial charge in [0.15, 0.2) is 12.2 Å². The number of carbonyl (C=O) groups is 4. The molecular formula is C81H148O17P2. The highest BCUT2D eigenvalue weighted by Crippen LogP contribution is 2.45. The van der Waals surface area contributed by atoms with Gasteiger partial charge in [0.05, 0.1) is 26.4 Å². The zero-order valence-corrected chi connectivity index (χ0v) is 65.7. The second kappa shape index (κ2) is 74.0. The summed E-state index contributed by atoms with van der Waals surface area (Å²) in [7, 11) is -9.95. The van der Waals surface area contributed by atoms with Crippen LogP contribution in [0.15, 0.2) is 60.8 Å². The lowest BCUT2D eigenvalue weighted by atomic mass is 10.0. The molecule has 5 atom stereocenters. The molecule has 0 heterocycles. The van der Waals surface area contributed by atoms with Gasteiger partial charge in [-0.25, -0.2) is 9.13 Å². The molecule has 0 radical (unpaired) electrons. The van der Waals surface area contributed by atoms with Crippen molar-refractivity contribution in [2.75, 3.05) is 39.6 Å². The van der Waals surface area contributed by atoms with Crippen molar-refractivity contribution in [1.82, 2.24) is 0 Å². The Morgan fingerprint density at radius 2 is 0.490 bits per heavy atom. The average molecular weight is 1460 g/mol. The van der Waals surface area contributed by atoms with E-state index in [4.69, 9.17) is 37.0 Å². The Morgan fingerprint density at radius 3 is 0.770 bits per heavy atom. The minimum Gasteiger partial charge on any atom is -0.462 e. The first kappa shape index (κ1) is 96.8. The van der Waals surface area contributed by atoms with Crippen LogP contribution in [0.2, 0.25) is 0 Å². The lowest BCUT2D eigenvalue weighted by molar-refractivity contribution is -0.161. The predicted molar refractivity (Wildman–Crippen MR) is 409 cm³/mol. The number of rotatable bonds is 77. The van der Waals surface area contributed by atoms with Gasteiger partial charge in [-0.1, -0.05) is 294 Å². The molecule has 0 fully saturated rings. The maximum absolute atomic E-state index is 13.1. The van der Waals surface area contributed by atoms with E-state index < -0.39 is 97.5 Å². The fourth-order valence-corrected chi connectivity index (χ4v) is 12.8. The molecule has 0 aliphatic rings. The van der Waals surface area contributed by atoms with Gasteiger partial charge in [-0.3, -0.25) is 37.3 Å². The van der Waals surface area contributed by atoms with Crippen molar-refractivity contribution in [3.05, 3.63) is 60.8 Å². The van der Waals surface area contributed by atoms with Gasteiger partial charge in [-0.05, 0) is 116 Å². The number of aliphatic hydroxyl groups excluding tert-OH is 1. The average Bonchev–Trinajstić information content (AvgIpc) is 1.25. The van der Waals surface area contributed by atoms with Crippen molar-refractivity contribution in [3.63, 3.8) is 0 Å². The van der Waals surface area contributed by atoms with Crippen LogP contribution in [0.1, 0.15) is 374 Å². The third-order valence-corrected chi connectivity index (χ3v) is 19.4. The van der Waals surface area contributed by atoms with Crippen molar-refractivity contribution >= 4 is 39.5 Å². The van der Waals surface area contributed by atoms with Crippen LogP contribution < -0.4 is 0 Å². The van der Waals surface area contributed by atoms with Crippen LogP contribution in [-0.2, 0) is 65.4 Å². The fourth-order valence-electron chi connectivity index (χ4n) is 11.2. The molecule has 0 aliphatic heterocycles. The lowest BCUT2D eigenvalue weighted by Gasteiger charge is -2.21. The van der Waals surface area contributed by atoms with E-state index in [2.05, 4.69) is 88.5 Å². The molecule has 0 amide bonds. The molecule has 0 rings (SSSR count). The number of esters is 4. The molecule has 0 spiro atoms. The summed E-state index contributed by atoms with van der Waals surface area (Å²) in [5.74, 6) is -2.17. The molecule has 584 valence electrons. The van der Waals surface area contributed by atoms with Crippen molar-refractivity contribution in [3.8, 4) is 0 Å². The number of ether oxygens (including phenoxy) is 4. The van der Waals surface area contributed by atoms with E-state index in [0.717, 1.165) is 148 Å². The number of allylic oxidation sites excluding steroid dienone is 10. The highest BCUT2D eigenvalue weighted by atomic mass is 31.2. The Bertz CT molecular complexity index is 2130. The largest absolute Gasteiger partial charge is 0.472 e. The van der Waals surface area contributed by atoms with Crippen molar-refractivity contribution in [2.45, 2.75) is 393 Å². The predicted octanol–water partition coefficient (Wildman–Crippen LogP) is 23.5. The molecule has 17 nitrogen and oxygen atoms in total. The van der Waals surface area contributed by atoms with Crippen molar-refractivity contribution < 1.29 is 80.2 Å². The van der Waals surface area contributed by atoms with Gasteiger partial charge in [0, 0.05) is 25.7 Å². The quantitative estimate of drug-likeness (QED) is 0.0169. The SMILES string of the molecule is CCCCC/C=C\CCCCCCCCCCC(=O)O[C@H](COC(=O)CCCCCCCCCCCCCCCCC)COP(=O)(O)OC[C@@H](O)COP(=O)(O)OC[C@@H](COC(=O)CCCCCCC/C=C/C/C=C/CCCCC)OC(=O)CCCCCCC/C=C/C/C=C/CCCCC.